The minimum absolute atomic E-state index is 0.241. The maximum atomic E-state index is 12.2. The topological polar surface area (TPSA) is 95.1 Å². The number of carbonyl (C=O) groups excluding carboxylic acids is 1. The summed E-state index contributed by atoms with van der Waals surface area (Å²) in [6, 6.07) is 1.72. The van der Waals surface area contributed by atoms with Gasteiger partial charge >= 0.3 is 5.97 Å². The van der Waals surface area contributed by atoms with Crippen molar-refractivity contribution in [2.45, 2.75) is 33.1 Å². The van der Waals surface area contributed by atoms with Crippen molar-refractivity contribution in [2.75, 3.05) is 5.32 Å². The van der Waals surface area contributed by atoms with Crippen LogP contribution in [0.4, 0.5) is 5.82 Å². The molecule has 0 radical (unpaired) electrons. The summed E-state index contributed by atoms with van der Waals surface area (Å²) in [6.45, 7) is 3.87. The molecule has 1 aromatic rings. The number of H-pyrrole nitrogens is 1. The molecular weight excluding hydrogens is 246 g/mol. The molecular formula is C13H19N3O3. The highest BCUT2D eigenvalue weighted by molar-refractivity contribution is 5.94. The second-order valence-electron chi connectivity index (χ2n) is 5.22. The zero-order chi connectivity index (χ0) is 14.0. The lowest BCUT2D eigenvalue weighted by Gasteiger charge is -2.14. The summed E-state index contributed by atoms with van der Waals surface area (Å²) >= 11 is 0. The molecule has 3 N–H and O–H groups in total. The molecule has 0 spiro atoms. The first-order chi connectivity index (χ1) is 9.01. The number of aryl methyl sites for hydroxylation is 1. The maximum Gasteiger partial charge on any atom is 0.307 e. The van der Waals surface area contributed by atoms with E-state index in [2.05, 4.69) is 15.5 Å². The molecule has 3 unspecified atom stereocenters. The van der Waals surface area contributed by atoms with Crippen molar-refractivity contribution in [2.24, 2.45) is 17.8 Å². The van der Waals surface area contributed by atoms with E-state index in [-0.39, 0.29) is 5.91 Å². The molecule has 6 nitrogen and oxygen atoms in total. The number of hydrogen-bond donors (Lipinski definition) is 3. The van der Waals surface area contributed by atoms with Crippen molar-refractivity contribution in [3.05, 3.63) is 11.8 Å². The Kier molecular flexibility index (Phi) is 3.87. The molecule has 1 saturated carbocycles. The van der Waals surface area contributed by atoms with E-state index in [1.807, 2.05) is 13.8 Å². The van der Waals surface area contributed by atoms with E-state index in [0.717, 1.165) is 12.1 Å². The van der Waals surface area contributed by atoms with E-state index >= 15 is 0 Å². The number of carboxylic acid groups (broad SMARTS) is 1. The molecule has 2 rings (SSSR count). The van der Waals surface area contributed by atoms with Gasteiger partial charge in [-0.1, -0.05) is 13.3 Å². The molecule has 0 aliphatic heterocycles. The third-order valence-corrected chi connectivity index (χ3v) is 3.85. The quantitative estimate of drug-likeness (QED) is 0.773. The summed E-state index contributed by atoms with van der Waals surface area (Å²) in [5, 5.41) is 18.6. The van der Waals surface area contributed by atoms with Gasteiger partial charge in [0.15, 0.2) is 5.82 Å². The summed E-state index contributed by atoms with van der Waals surface area (Å²) in [5.74, 6) is -1.39. The van der Waals surface area contributed by atoms with E-state index in [9.17, 15) is 14.7 Å². The third kappa shape index (κ3) is 2.94. The molecule has 1 heterocycles. The van der Waals surface area contributed by atoms with Gasteiger partial charge in [-0.25, -0.2) is 0 Å². The van der Waals surface area contributed by atoms with Gasteiger partial charge < -0.3 is 10.4 Å². The highest BCUT2D eigenvalue weighted by Crippen LogP contribution is 2.38. The van der Waals surface area contributed by atoms with Gasteiger partial charge in [0.25, 0.3) is 0 Å². The fraction of sp³-hybridized carbons (Fsp3) is 0.615. The summed E-state index contributed by atoms with van der Waals surface area (Å²) in [7, 11) is 0. The van der Waals surface area contributed by atoms with E-state index in [4.69, 9.17) is 0 Å². The highest BCUT2D eigenvalue weighted by Gasteiger charge is 2.42. The second-order valence-corrected chi connectivity index (χ2v) is 5.22. The molecule has 3 atom stereocenters. The molecule has 0 aromatic carbocycles. The minimum Gasteiger partial charge on any atom is -0.481 e. The largest absolute Gasteiger partial charge is 0.481 e. The number of carbonyl (C=O) groups is 2. The summed E-state index contributed by atoms with van der Waals surface area (Å²) in [5.41, 5.74) is 0.850. The molecule has 0 bridgehead atoms. The van der Waals surface area contributed by atoms with Crippen molar-refractivity contribution >= 4 is 17.7 Å². The number of amides is 1. The number of aromatic nitrogens is 2. The van der Waals surface area contributed by atoms with E-state index in [1.165, 1.54) is 0 Å². The Morgan fingerprint density at radius 2 is 2.16 bits per heavy atom. The Balaban J connectivity index is 2.06. The number of aromatic amines is 1. The van der Waals surface area contributed by atoms with Gasteiger partial charge in [0, 0.05) is 11.8 Å². The lowest BCUT2D eigenvalue weighted by atomic mass is 9.95. The van der Waals surface area contributed by atoms with Crippen molar-refractivity contribution in [1.82, 2.24) is 10.2 Å². The first kappa shape index (κ1) is 13.6. The Morgan fingerprint density at radius 3 is 2.68 bits per heavy atom. The molecule has 1 aliphatic carbocycles. The number of hydrogen-bond acceptors (Lipinski definition) is 3. The molecule has 1 amide bonds. The lowest BCUT2D eigenvalue weighted by Crippen LogP contribution is -2.30. The van der Waals surface area contributed by atoms with Crippen LogP contribution in [0.25, 0.3) is 0 Å². The smallest absolute Gasteiger partial charge is 0.307 e. The van der Waals surface area contributed by atoms with Crippen molar-refractivity contribution in [1.29, 1.82) is 0 Å². The molecule has 104 valence electrons. The summed E-state index contributed by atoms with van der Waals surface area (Å²) < 4.78 is 0. The van der Waals surface area contributed by atoms with Crippen LogP contribution in [0.15, 0.2) is 6.07 Å². The van der Waals surface area contributed by atoms with Crippen LogP contribution >= 0.6 is 0 Å². The molecule has 1 aromatic heterocycles. The SMILES string of the molecule is CCC1CC(C(=O)O)C(C(=O)Nc2cc(C)[nH]n2)C1. The van der Waals surface area contributed by atoms with Crippen molar-refractivity contribution in [3.63, 3.8) is 0 Å². The lowest BCUT2D eigenvalue weighted by molar-refractivity contribution is -0.145. The van der Waals surface area contributed by atoms with Crippen LogP contribution in [0, 0.1) is 24.7 Å². The van der Waals surface area contributed by atoms with Crippen LogP contribution in [0.1, 0.15) is 31.9 Å². The fourth-order valence-corrected chi connectivity index (χ4v) is 2.74. The predicted molar refractivity (Wildman–Crippen MR) is 69.6 cm³/mol. The molecule has 0 saturated heterocycles. The normalized spacial score (nSPS) is 26.3. The van der Waals surface area contributed by atoms with Gasteiger partial charge in [-0.2, -0.15) is 5.10 Å². The monoisotopic (exact) mass is 265 g/mol. The van der Waals surface area contributed by atoms with Crippen LogP contribution in [0.3, 0.4) is 0 Å². The number of aliphatic carboxylic acids is 1. The molecule has 1 aliphatic rings. The van der Waals surface area contributed by atoms with Gasteiger partial charge in [-0.15, -0.1) is 0 Å². The van der Waals surface area contributed by atoms with Gasteiger partial charge in [-0.05, 0) is 25.7 Å². The van der Waals surface area contributed by atoms with Crippen LogP contribution in [0.5, 0.6) is 0 Å². The molecule has 19 heavy (non-hydrogen) atoms. The zero-order valence-electron chi connectivity index (χ0n) is 11.1. The van der Waals surface area contributed by atoms with Gasteiger partial charge in [-0.3, -0.25) is 14.7 Å². The first-order valence-electron chi connectivity index (χ1n) is 6.57. The van der Waals surface area contributed by atoms with Gasteiger partial charge in [0.2, 0.25) is 5.91 Å². The standard InChI is InChI=1S/C13H19N3O3/c1-3-8-5-9(10(6-8)13(18)19)12(17)14-11-4-7(2)15-16-11/h4,8-10H,3,5-6H2,1-2H3,(H,18,19)(H2,14,15,16,17). The number of nitrogens with zero attached hydrogens (tertiary/aromatic N) is 1. The van der Waals surface area contributed by atoms with Gasteiger partial charge in [0.05, 0.1) is 11.8 Å². The number of carboxylic acids is 1. The average molecular weight is 265 g/mol. The van der Waals surface area contributed by atoms with Crippen molar-refractivity contribution < 1.29 is 14.7 Å². The van der Waals surface area contributed by atoms with E-state index in [0.29, 0.717) is 24.6 Å². The first-order valence-corrected chi connectivity index (χ1v) is 6.57. The fourth-order valence-electron chi connectivity index (χ4n) is 2.74. The second kappa shape index (κ2) is 5.42. The Labute approximate surface area is 111 Å². The average Bonchev–Trinajstić information content (AvgIpc) is 2.95. The summed E-state index contributed by atoms with van der Waals surface area (Å²) in [6.07, 6.45) is 2.14. The number of rotatable bonds is 4. The number of nitrogens with one attached hydrogen (secondary N) is 2. The van der Waals surface area contributed by atoms with Crippen LogP contribution in [0.2, 0.25) is 0 Å². The maximum absolute atomic E-state index is 12.2. The minimum atomic E-state index is -0.880. The Bertz CT molecular complexity index is 483. The molecule has 6 heteroatoms. The summed E-state index contributed by atoms with van der Waals surface area (Å²) in [4.78, 5) is 23.4. The van der Waals surface area contributed by atoms with Gasteiger partial charge in [0.1, 0.15) is 0 Å². The van der Waals surface area contributed by atoms with Crippen molar-refractivity contribution in [3.8, 4) is 0 Å². The zero-order valence-corrected chi connectivity index (χ0v) is 11.1. The van der Waals surface area contributed by atoms with Crippen LogP contribution < -0.4 is 5.32 Å². The number of anilines is 1. The predicted octanol–water partition coefficient (Wildman–Crippen LogP) is 1.79. The third-order valence-electron chi connectivity index (χ3n) is 3.85. The Hall–Kier alpha value is -1.85. The Morgan fingerprint density at radius 1 is 1.47 bits per heavy atom. The van der Waals surface area contributed by atoms with E-state index in [1.54, 1.807) is 6.07 Å². The van der Waals surface area contributed by atoms with Crippen LogP contribution in [-0.4, -0.2) is 27.2 Å². The van der Waals surface area contributed by atoms with E-state index < -0.39 is 17.8 Å². The highest BCUT2D eigenvalue weighted by atomic mass is 16.4. The molecule has 1 fully saturated rings. The van der Waals surface area contributed by atoms with Crippen LogP contribution in [-0.2, 0) is 9.59 Å².